The van der Waals surface area contributed by atoms with Gasteiger partial charge < -0.3 is 15.4 Å². The van der Waals surface area contributed by atoms with Crippen LogP contribution in [0, 0.1) is 0 Å². The number of nitrogens with zero attached hydrogens (tertiary/aromatic N) is 2. The van der Waals surface area contributed by atoms with Gasteiger partial charge in [-0.2, -0.15) is 0 Å². The van der Waals surface area contributed by atoms with Gasteiger partial charge in [0, 0.05) is 32.9 Å². The molecule has 1 aromatic heterocycles. The van der Waals surface area contributed by atoms with Gasteiger partial charge in [-0.25, -0.2) is 9.97 Å². The zero-order chi connectivity index (χ0) is 14.6. The number of hydrogen-bond acceptors (Lipinski definition) is 5. The fraction of sp³-hybridized carbons (Fsp3) is 0.643. The first-order valence-corrected chi connectivity index (χ1v) is 7.11. The maximum Gasteiger partial charge on any atom is 0.270 e. The highest BCUT2D eigenvalue weighted by molar-refractivity contribution is 5.92. The Kier molecular flexibility index (Phi) is 8.30. The van der Waals surface area contributed by atoms with Crippen LogP contribution in [0.25, 0.3) is 0 Å². The molecule has 0 aromatic carbocycles. The molecule has 112 valence electrons. The molecule has 20 heavy (non-hydrogen) atoms. The van der Waals surface area contributed by atoms with Crippen LogP contribution in [0.15, 0.2) is 12.4 Å². The molecular weight excluding hydrogens is 256 g/mol. The van der Waals surface area contributed by atoms with Gasteiger partial charge in [-0.3, -0.25) is 4.79 Å². The van der Waals surface area contributed by atoms with Crippen LogP contribution in [0.1, 0.15) is 43.1 Å². The van der Waals surface area contributed by atoms with E-state index in [-0.39, 0.29) is 5.91 Å². The van der Waals surface area contributed by atoms with Crippen LogP contribution in [0.3, 0.4) is 0 Å². The highest BCUT2D eigenvalue weighted by Gasteiger charge is 2.07. The lowest BCUT2D eigenvalue weighted by atomic mass is 10.2. The average molecular weight is 280 g/mol. The van der Waals surface area contributed by atoms with E-state index in [4.69, 9.17) is 4.74 Å². The van der Waals surface area contributed by atoms with Crippen molar-refractivity contribution < 1.29 is 9.53 Å². The van der Waals surface area contributed by atoms with E-state index in [1.807, 2.05) is 0 Å². The molecule has 0 radical (unpaired) electrons. The predicted molar refractivity (Wildman–Crippen MR) is 78.9 cm³/mol. The number of ether oxygens (including phenoxy) is 1. The Bertz CT molecular complexity index is 399. The second-order valence-corrected chi connectivity index (χ2v) is 4.52. The molecule has 0 fully saturated rings. The minimum absolute atomic E-state index is 0.180. The van der Waals surface area contributed by atoms with Gasteiger partial charge in [0.2, 0.25) is 0 Å². The number of anilines is 1. The number of rotatable bonds is 10. The first kappa shape index (κ1) is 16.4. The van der Waals surface area contributed by atoms with Crippen LogP contribution in [0.5, 0.6) is 0 Å². The minimum Gasteiger partial charge on any atom is -0.385 e. The third kappa shape index (κ3) is 6.47. The number of unbranched alkanes of at least 4 members (excludes halogenated alkanes) is 2. The van der Waals surface area contributed by atoms with Gasteiger partial charge in [0.1, 0.15) is 17.8 Å². The summed E-state index contributed by atoms with van der Waals surface area (Å²) in [5.41, 5.74) is 0.385. The number of carbonyl (C=O) groups is 1. The van der Waals surface area contributed by atoms with Gasteiger partial charge in [0.05, 0.1) is 0 Å². The molecule has 0 saturated heterocycles. The Labute approximate surface area is 120 Å². The first-order valence-electron chi connectivity index (χ1n) is 7.11. The van der Waals surface area contributed by atoms with E-state index in [0.717, 1.165) is 19.4 Å². The van der Waals surface area contributed by atoms with E-state index in [0.29, 0.717) is 24.7 Å². The van der Waals surface area contributed by atoms with Crippen molar-refractivity contribution in [3.63, 3.8) is 0 Å². The summed E-state index contributed by atoms with van der Waals surface area (Å²) in [5, 5.41) is 6.00. The zero-order valence-electron chi connectivity index (χ0n) is 12.3. The molecule has 0 aliphatic heterocycles. The monoisotopic (exact) mass is 280 g/mol. The third-order valence-corrected chi connectivity index (χ3v) is 2.80. The second kappa shape index (κ2) is 10.1. The van der Waals surface area contributed by atoms with Gasteiger partial charge in [-0.05, 0) is 12.8 Å². The van der Waals surface area contributed by atoms with E-state index in [1.54, 1.807) is 13.2 Å². The van der Waals surface area contributed by atoms with Gasteiger partial charge in [0.25, 0.3) is 5.91 Å². The number of hydrogen-bond donors (Lipinski definition) is 2. The van der Waals surface area contributed by atoms with Crippen molar-refractivity contribution in [2.75, 3.05) is 32.1 Å². The summed E-state index contributed by atoms with van der Waals surface area (Å²) in [6.07, 6.45) is 5.66. The summed E-state index contributed by atoms with van der Waals surface area (Å²) < 4.78 is 4.93. The van der Waals surface area contributed by atoms with Crippen molar-refractivity contribution in [2.45, 2.75) is 32.6 Å². The Balaban J connectivity index is 2.39. The molecular formula is C14H24N4O2. The van der Waals surface area contributed by atoms with E-state index in [2.05, 4.69) is 27.5 Å². The molecule has 0 aliphatic carbocycles. The summed E-state index contributed by atoms with van der Waals surface area (Å²) >= 11 is 0. The Morgan fingerprint density at radius 1 is 1.25 bits per heavy atom. The van der Waals surface area contributed by atoms with Crippen LogP contribution in [-0.4, -0.2) is 42.7 Å². The molecule has 0 atom stereocenters. The highest BCUT2D eigenvalue weighted by Crippen LogP contribution is 2.05. The summed E-state index contributed by atoms with van der Waals surface area (Å²) in [6.45, 7) is 4.24. The first-order chi connectivity index (χ1) is 9.77. The van der Waals surface area contributed by atoms with Crippen molar-refractivity contribution in [1.82, 2.24) is 15.3 Å². The van der Waals surface area contributed by atoms with Crippen molar-refractivity contribution in [1.29, 1.82) is 0 Å². The van der Waals surface area contributed by atoms with Gasteiger partial charge in [-0.15, -0.1) is 0 Å². The third-order valence-electron chi connectivity index (χ3n) is 2.80. The molecule has 0 bridgehead atoms. The number of aromatic nitrogens is 2. The Morgan fingerprint density at radius 3 is 2.85 bits per heavy atom. The maximum absolute atomic E-state index is 11.9. The van der Waals surface area contributed by atoms with Gasteiger partial charge >= 0.3 is 0 Å². The quantitative estimate of drug-likeness (QED) is 0.640. The highest BCUT2D eigenvalue weighted by atomic mass is 16.5. The van der Waals surface area contributed by atoms with Crippen molar-refractivity contribution in [2.24, 2.45) is 0 Å². The van der Waals surface area contributed by atoms with E-state index < -0.39 is 0 Å². The van der Waals surface area contributed by atoms with Crippen LogP contribution in [-0.2, 0) is 4.74 Å². The molecule has 0 spiro atoms. The molecule has 1 amide bonds. The molecule has 6 heteroatoms. The standard InChI is InChI=1S/C14H24N4O2/c1-3-4-5-7-15-13-10-12(17-11-18-13)14(19)16-8-6-9-20-2/h10-11H,3-9H2,1-2H3,(H,16,19)(H,15,17,18). The van der Waals surface area contributed by atoms with Crippen LogP contribution < -0.4 is 10.6 Å². The fourth-order valence-electron chi connectivity index (χ4n) is 1.68. The number of carbonyl (C=O) groups excluding carboxylic acids is 1. The second-order valence-electron chi connectivity index (χ2n) is 4.52. The molecule has 1 aromatic rings. The van der Waals surface area contributed by atoms with Crippen LogP contribution >= 0.6 is 0 Å². The Hall–Kier alpha value is -1.69. The molecule has 2 N–H and O–H groups in total. The average Bonchev–Trinajstić information content (AvgIpc) is 2.48. The van der Waals surface area contributed by atoms with Crippen molar-refractivity contribution in [3.05, 3.63) is 18.1 Å². The molecule has 1 heterocycles. The van der Waals surface area contributed by atoms with E-state index >= 15 is 0 Å². The zero-order valence-corrected chi connectivity index (χ0v) is 12.3. The summed E-state index contributed by atoms with van der Waals surface area (Å²) in [5.74, 6) is 0.512. The predicted octanol–water partition coefficient (Wildman–Crippen LogP) is 1.84. The lowest BCUT2D eigenvalue weighted by Crippen LogP contribution is -2.26. The van der Waals surface area contributed by atoms with E-state index in [9.17, 15) is 4.79 Å². The molecule has 0 aliphatic rings. The van der Waals surface area contributed by atoms with Crippen molar-refractivity contribution in [3.8, 4) is 0 Å². The number of methoxy groups -OCH3 is 1. The van der Waals surface area contributed by atoms with Crippen LogP contribution in [0.2, 0.25) is 0 Å². The minimum atomic E-state index is -0.180. The molecule has 0 unspecified atom stereocenters. The summed E-state index contributed by atoms with van der Waals surface area (Å²) in [6, 6.07) is 1.68. The molecule has 0 saturated carbocycles. The molecule has 1 rings (SSSR count). The topological polar surface area (TPSA) is 76.1 Å². The van der Waals surface area contributed by atoms with Gasteiger partial charge in [-0.1, -0.05) is 19.8 Å². The van der Waals surface area contributed by atoms with Gasteiger partial charge in [0.15, 0.2) is 0 Å². The fourth-order valence-corrected chi connectivity index (χ4v) is 1.68. The largest absolute Gasteiger partial charge is 0.385 e. The lowest BCUT2D eigenvalue weighted by Gasteiger charge is -2.07. The van der Waals surface area contributed by atoms with E-state index in [1.165, 1.54) is 19.2 Å². The van der Waals surface area contributed by atoms with Crippen molar-refractivity contribution >= 4 is 11.7 Å². The smallest absolute Gasteiger partial charge is 0.270 e. The molecule has 6 nitrogen and oxygen atoms in total. The normalized spacial score (nSPS) is 10.3. The number of amides is 1. The SMILES string of the molecule is CCCCCNc1cc(C(=O)NCCCOC)ncn1. The van der Waals surface area contributed by atoms with Crippen LogP contribution in [0.4, 0.5) is 5.82 Å². The maximum atomic E-state index is 11.9. The lowest BCUT2D eigenvalue weighted by molar-refractivity contribution is 0.0943. The number of nitrogens with one attached hydrogen (secondary N) is 2. The summed E-state index contributed by atoms with van der Waals surface area (Å²) in [7, 11) is 1.64. The Morgan fingerprint density at radius 2 is 2.10 bits per heavy atom. The summed E-state index contributed by atoms with van der Waals surface area (Å²) in [4.78, 5) is 20.0.